The van der Waals surface area contributed by atoms with E-state index in [4.69, 9.17) is 11.6 Å². The lowest BCUT2D eigenvalue weighted by Crippen LogP contribution is -2.51. The van der Waals surface area contributed by atoms with Crippen LogP contribution in [-0.4, -0.2) is 71.2 Å². The van der Waals surface area contributed by atoms with Crippen LogP contribution in [0.25, 0.3) is 0 Å². The first-order valence-corrected chi connectivity index (χ1v) is 13.2. The van der Waals surface area contributed by atoms with Crippen molar-refractivity contribution in [2.75, 3.05) is 44.6 Å². The van der Waals surface area contributed by atoms with Gasteiger partial charge in [-0.1, -0.05) is 36.7 Å². The van der Waals surface area contributed by atoms with Crippen molar-refractivity contribution < 1.29 is 22.8 Å². The van der Waals surface area contributed by atoms with Crippen molar-refractivity contribution in [2.45, 2.75) is 30.1 Å². The number of halogens is 4. The van der Waals surface area contributed by atoms with Crippen LogP contribution in [0.15, 0.2) is 48.5 Å². The number of nitrogens with zero attached hydrogens (tertiary/aromatic N) is 3. The van der Waals surface area contributed by atoms with E-state index in [1.807, 2.05) is 36.1 Å². The first-order chi connectivity index (χ1) is 17.2. The largest absolute Gasteiger partial charge is 0.416 e. The molecule has 2 aliphatic heterocycles. The molecule has 0 spiro atoms. The molecule has 0 radical (unpaired) electrons. The molecule has 0 saturated carbocycles. The smallest absolute Gasteiger partial charge is 0.324 e. The van der Waals surface area contributed by atoms with E-state index in [0.29, 0.717) is 50.0 Å². The molecule has 2 saturated heterocycles. The highest BCUT2D eigenvalue weighted by atomic mass is 35.5. The second-order valence-corrected chi connectivity index (χ2v) is 10.5. The molecule has 1 N–H and O–H groups in total. The van der Waals surface area contributed by atoms with Gasteiger partial charge < -0.3 is 15.1 Å². The number of alkyl halides is 3. The standard InChI is InChI=1S/C25H28ClF3N4O2S/c1-2-21-22(34)33(23(36-21)19-5-3-4-6-20(19)26)16-13-31-11-14-32(15-12-31)24(35)30-18-9-7-17(8-10-18)25(27,28)29/h3-10,21,23H,2,11-16H2,1H3,(H,30,35)/t21-,23-/m0/s1. The molecule has 3 amide bonds. The first-order valence-electron chi connectivity index (χ1n) is 11.8. The van der Waals surface area contributed by atoms with Crippen LogP contribution in [0.1, 0.15) is 29.8 Å². The summed E-state index contributed by atoms with van der Waals surface area (Å²) in [5.41, 5.74) is 0.501. The molecule has 0 aliphatic carbocycles. The molecule has 2 aromatic rings. The maximum atomic E-state index is 13.0. The number of hydrogen-bond donors (Lipinski definition) is 1. The summed E-state index contributed by atoms with van der Waals surface area (Å²) in [6, 6.07) is 11.7. The Bertz CT molecular complexity index is 1080. The van der Waals surface area contributed by atoms with Crippen molar-refractivity contribution in [3.05, 3.63) is 64.7 Å². The zero-order valence-corrected chi connectivity index (χ0v) is 21.4. The average molecular weight is 541 g/mol. The molecule has 2 fully saturated rings. The summed E-state index contributed by atoms with van der Waals surface area (Å²) in [6.07, 6.45) is -3.66. The molecule has 2 heterocycles. The van der Waals surface area contributed by atoms with E-state index < -0.39 is 11.7 Å². The van der Waals surface area contributed by atoms with Crippen LogP contribution in [0.5, 0.6) is 0 Å². The Balaban J connectivity index is 1.29. The molecule has 6 nitrogen and oxygen atoms in total. The number of urea groups is 1. The fraction of sp³-hybridized carbons (Fsp3) is 0.440. The zero-order valence-electron chi connectivity index (χ0n) is 19.8. The molecule has 4 rings (SSSR count). The van der Waals surface area contributed by atoms with E-state index in [9.17, 15) is 22.8 Å². The Hall–Kier alpha value is -2.43. The second-order valence-electron chi connectivity index (χ2n) is 8.77. The van der Waals surface area contributed by atoms with Gasteiger partial charge in [0.05, 0.1) is 10.8 Å². The molecule has 2 aliphatic rings. The maximum absolute atomic E-state index is 13.0. The Kier molecular flexibility index (Phi) is 8.37. The fourth-order valence-electron chi connectivity index (χ4n) is 4.37. The second kappa shape index (κ2) is 11.3. The number of thioether (sulfide) groups is 1. The number of nitrogens with one attached hydrogen (secondary N) is 1. The van der Waals surface area contributed by atoms with Gasteiger partial charge in [-0.05, 0) is 36.8 Å². The predicted octanol–water partition coefficient (Wildman–Crippen LogP) is 5.56. The SMILES string of the molecule is CC[C@@H]1S[C@@H](c2ccccc2Cl)N(CCN2CCN(C(=O)Nc3ccc(C(F)(F)F)cc3)CC2)C1=O. The van der Waals surface area contributed by atoms with Crippen LogP contribution in [0.3, 0.4) is 0 Å². The van der Waals surface area contributed by atoms with Crippen LogP contribution in [0.2, 0.25) is 5.02 Å². The van der Waals surface area contributed by atoms with Crippen LogP contribution < -0.4 is 5.32 Å². The number of carbonyl (C=O) groups is 2. The number of rotatable bonds is 6. The molecule has 0 bridgehead atoms. The minimum absolute atomic E-state index is 0.0861. The summed E-state index contributed by atoms with van der Waals surface area (Å²) in [4.78, 5) is 31.3. The van der Waals surface area contributed by atoms with Gasteiger partial charge in [-0.3, -0.25) is 9.69 Å². The molecule has 2 atom stereocenters. The number of carbonyl (C=O) groups excluding carboxylic acids is 2. The average Bonchev–Trinajstić information content (AvgIpc) is 3.18. The van der Waals surface area contributed by atoms with Gasteiger partial charge in [-0.25, -0.2) is 4.79 Å². The lowest BCUT2D eigenvalue weighted by atomic mass is 10.2. The van der Waals surface area contributed by atoms with E-state index in [-0.39, 0.29) is 22.6 Å². The lowest BCUT2D eigenvalue weighted by molar-refractivity contribution is -0.137. The molecule has 0 aromatic heterocycles. The van der Waals surface area contributed by atoms with E-state index in [1.54, 1.807) is 16.7 Å². The van der Waals surface area contributed by atoms with Gasteiger partial charge in [-0.2, -0.15) is 13.2 Å². The summed E-state index contributed by atoms with van der Waals surface area (Å²) < 4.78 is 38.2. The summed E-state index contributed by atoms with van der Waals surface area (Å²) >= 11 is 8.07. The van der Waals surface area contributed by atoms with Crippen LogP contribution in [0.4, 0.5) is 23.7 Å². The van der Waals surface area contributed by atoms with Crippen molar-refractivity contribution in [2.24, 2.45) is 0 Å². The highest BCUT2D eigenvalue weighted by molar-refractivity contribution is 8.01. The van der Waals surface area contributed by atoms with Crippen LogP contribution >= 0.6 is 23.4 Å². The first kappa shape index (κ1) is 26.6. The van der Waals surface area contributed by atoms with Crippen molar-refractivity contribution >= 4 is 41.0 Å². The predicted molar refractivity (Wildman–Crippen MR) is 136 cm³/mol. The Labute approximate surface area is 217 Å². The topological polar surface area (TPSA) is 55.9 Å². The van der Waals surface area contributed by atoms with Gasteiger partial charge in [0.25, 0.3) is 0 Å². The van der Waals surface area contributed by atoms with Gasteiger partial charge >= 0.3 is 12.2 Å². The number of piperazine rings is 1. The molecule has 11 heteroatoms. The Morgan fingerprint density at radius 3 is 2.33 bits per heavy atom. The third kappa shape index (κ3) is 6.10. The Morgan fingerprint density at radius 1 is 1.06 bits per heavy atom. The molecule has 2 aromatic carbocycles. The third-order valence-electron chi connectivity index (χ3n) is 6.46. The quantitative estimate of drug-likeness (QED) is 0.521. The van der Waals surface area contributed by atoms with Crippen molar-refractivity contribution in [3.8, 4) is 0 Å². The minimum atomic E-state index is -4.41. The monoisotopic (exact) mass is 540 g/mol. The minimum Gasteiger partial charge on any atom is -0.324 e. The van der Waals surface area contributed by atoms with E-state index in [1.165, 1.54) is 12.1 Å². The van der Waals surface area contributed by atoms with Gasteiger partial charge in [0.15, 0.2) is 0 Å². The van der Waals surface area contributed by atoms with E-state index in [2.05, 4.69) is 10.2 Å². The fourth-order valence-corrected chi connectivity index (χ4v) is 6.14. The lowest BCUT2D eigenvalue weighted by Gasteiger charge is -2.36. The molecule has 194 valence electrons. The Morgan fingerprint density at radius 2 is 1.72 bits per heavy atom. The normalized spacial score (nSPS) is 21.2. The van der Waals surface area contributed by atoms with Crippen LogP contribution in [-0.2, 0) is 11.0 Å². The number of anilines is 1. The summed E-state index contributed by atoms with van der Waals surface area (Å²) in [6.45, 7) is 5.51. The van der Waals surface area contributed by atoms with Crippen LogP contribution in [0, 0.1) is 0 Å². The van der Waals surface area contributed by atoms with Crippen molar-refractivity contribution in [3.63, 3.8) is 0 Å². The van der Waals surface area contributed by atoms with Gasteiger partial charge in [0.1, 0.15) is 5.37 Å². The highest BCUT2D eigenvalue weighted by Gasteiger charge is 2.40. The zero-order chi connectivity index (χ0) is 25.9. The molecule has 0 unspecified atom stereocenters. The maximum Gasteiger partial charge on any atom is 0.416 e. The summed E-state index contributed by atoms with van der Waals surface area (Å²) in [7, 11) is 0. The number of hydrogen-bond acceptors (Lipinski definition) is 4. The highest BCUT2D eigenvalue weighted by Crippen LogP contribution is 2.45. The molecular weight excluding hydrogens is 513 g/mol. The summed E-state index contributed by atoms with van der Waals surface area (Å²) in [5, 5.41) is 3.11. The molecular formula is C25H28ClF3N4O2S. The third-order valence-corrected chi connectivity index (χ3v) is 8.43. The summed E-state index contributed by atoms with van der Waals surface area (Å²) in [5.74, 6) is 0.127. The van der Waals surface area contributed by atoms with Crippen molar-refractivity contribution in [1.82, 2.24) is 14.7 Å². The number of benzene rings is 2. The van der Waals surface area contributed by atoms with Gasteiger partial charge in [0, 0.05) is 55.5 Å². The number of amides is 3. The van der Waals surface area contributed by atoms with Gasteiger partial charge in [0.2, 0.25) is 5.91 Å². The van der Waals surface area contributed by atoms with Gasteiger partial charge in [-0.15, -0.1) is 11.8 Å². The van der Waals surface area contributed by atoms with E-state index in [0.717, 1.165) is 24.1 Å². The van der Waals surface area contributed by atoms with Crippen molar-refractivity contribution in [1.29, 1.82) is 0 Å². The molecule has 36 heavy (non-hydrogen) atoms. The van der Waals surface area contributed by atoms with E-state index >= 15 is 0 Å².